The maximum Gasteiger partial charge on any atom is 0.237 e. The molecule has 1 aromatic carbocycles. The summed E-state index contributed by atoms with van der Waals surface area (Å²) in [6, 6.07) is 5.96. The van der Waals surface area contributed by atoms with Crippen LogP contribution >= 0.6 is 0 Å². The summed E-state index contributed by atoms with van der Waals surface area (Å²) in [5, 5.41) is 3.04. The van der Waals surface area contributed by atoms with Gasteiger partial charge < -0.3 is 14.8 Å². The van der Waals surface area contributed by atoms with E-state index in [1.807, 2.05) is 37.1 Å². The number of nitrogens with one attached hydrogen (secondary N) is 1. The van der Waals surface area contributed by atoms with E-state index in [2.05, 4.69) is 5.32 Å². The Balaban J connectivity index is 2.00. The third-order valence-corrected chi connectivity index (χ3v) is 3.88. The van der Waals surface area contributed by atoms with Crippen LogP contribution in [-0.4, -0.2) is 44.2 Å². The van der Waals surface area contributed by atoms with Gasteiger partial charge in [0.2, 0.25) is 5.91 Å². The van der Waals surface area contributed by atoms with Gasteiger partial charge in [0.25, 0.3) is 0 Å². The molecule has 0 radical (unpaired) electrons. The minimum Gasteiger partial charge on any atom is -0.497 e. The van der Waals surface area contributed by atoms with Gasteiger partial charge >= 0.3 is 0 Å². The minimum atomic E-state index is -0.169. The highest BCUT2D eigenvalue weighted by Gasteiger charge is 2.27. The lowest BCUT2D eigenvalue weighted by Gasteiger charge is -2.24. The molecule has 1 atom stereocenters. The maximum absolute atomic E-state index is 12.1. The van der Waals surface area contributed by atoms with Crippen molar-refractivity contribution in [1.82, 2.24) is 10.2 Å². The van der Waals surface area contributed by atoms with Gasteiger partial charge in [-0.2, -0.15) is 0 Å². The number of rotatable bonds is 7. The van der Waals surface area contributed by atoms with Gasteiger partial charge in [-0.1, -0.05) is 6.07 Å². The van der Waals surface area contributed by atoms with Crippen molar-refractivity contribution in [2.24, 2.45) is 0 Å². The van der Waals surface area contributed by atoms with E-state index in [4.69, 9.17) is 9.47 Å². The highest BCUT2D eigenvalue weighted by Crippen LogP contribution is 2.26. The fourth-order valence-electron chi connectivity index (χ4n) is 2.14. The number of hydrogen-bond acceptors (Lipinski definition) is 4. The van der Waals surface area contributed by atoms with Crippen LogP contribution in [0.1, 0.15) is 25.3 Å². The van der Waals surface area contributed by atoms with Crippen LogP contribution < -0.4 is 14.8 Å². The number of amides is 1. The Morgan fingerprint density at radius 3 is 2.67 bits per heavy atom. The Kier molecular flexibility index (Phi) is 5.07. The zero-order valence-electron chi connectivity index (χ0n) is 13.2. The van der Waals surface area contributed by atoms with Gasteiger partial charge in [-0.05, 0) is 32.9 Å². The molecule has 1 saturated carbocycles. The van der Waals surface area contributed by atoms with Crippen molar-refractivity contribution in [3.8, 4) is 11.5 Å². The Hall–Kier alpha value is -1.75. The van der Waals surface area contributed by atoms with E-state index in [-0.39, 0.29) is 11.9 Å². The number of ether oxygens (including phenoxy) is 2. The molecule has 2 rings (SSSR count). The molecule has 1 aliphatic carbocycles. The van der Waals surface area contributed by atoms with Gasteiger partial charge in [0.15, 0.2) is 0 Å². The van der Waals surface area contributed by atoms with Crippen molar-refractivity contribution in [3.05, 3.63) is 23.8 Å². The van der Waals surface area contributed by atoms with Crippen LogP contribution in [0.2, 0.25) is 0 Å². The van der Waals surface area contributed by atoms with Crippen LogP contribution in [0, 0.1) is 0 Å². The molecule has 0 aromatic heterocycles. The predicted octanol–water partition coefficient (Wildman–Crippen LogP) is 1.80. The number of nitrogens with zero attached hydrogens (tertiary/aromatic N) is 1. The molecular weight excluding hydrogens is 268 g/mol. The van der Waals surface area contributed by atoms with E-state index < -0.39 is 0 Å². The third kappa shape index (κ3) is 4.11. The second-order valence-corrected chi connectivity index (χ2v) is 5.55. The summed E-state index contributed by atoms with van der Waals surface area (Å²) in [6.07, 6.45) is 2.21. The molecule has 5 heteroatoms. The van der Waals surface area contributed by atoms with Gasteiger partial charge in [-0.3, -0.25) is 9.69 Å². The highest BCUT2D eigenvalue weighted by molar-refractivity contribution is 5.81. The first-order valence-electron chi connectivity index (χ1n) is 7.26. The molecule has 1 amide bonds. The summed E-state index contributed by atoms with van der Waals surface area (Å²) in [4.78, 5) is 14.1. The smallest absolute Gasteiger partial charge is 0.237 e. The second-order valence-electron chi connectivity index (χ2n) is 5.55. The Morgan fingerprint density at radius 2 is 2.10 bits per heavy atom. The molecular formula is C16H24N2O3. The van der Waals surface area contributed by atoms with Gasteiger partial charge in [-0.15, -0.1) is 0 Å². The Bertz CT molecular complexity index is 500. The summed E-state index contributed by atoms with van der Waals surface area (Å²) in [5.41, 5.74) is 1.03. The summed E-state index contributed by atoms with van der Waals surface area (Å²) < 4.78 is 10.6. The summed E-state index contributed by atoms with van der Waals surface area (Å²) in [5.74, 6) is 1.63. The number of methoxy groups -OCH3 is 2. The molecule has 0 saturated heterocycles. The predicted molar refractivity (Wildman–Crippen MR) is 81.6 cm³/mol. The third-order valence-electron chi connectivity index (χ3n) is 3.88. The van der Waals surface area contributed by atoms with E-state index in [1.54, 1.807) is 14.2 Å². The van der Waals surface area contributed by atoms with Crippen LogP contribution in [0.3, 0.4) is 0 Å². The van der Waals surface area contributed by atoms with Gasteiger partial charge in [0.05, 0.1) is 20.3 Å². The second kappa shape index (κ2) is 6.80. The first-order chi connectivity index (χ1) is 10.0. The van der Waals surface area contributed by atoms with Gasteiger partial charge in [-0.25, -0.2) is 0 Å². The minimum absolute atomic E-state index is 0.0903. The zero-order chi connectivity index (χ0) is 15.4. The van der Waals surface area contributed by atoms with Gasteiger partial charge in [0, 0.05) is 24.2 Å². The topological polar surface area (TPSA) is 50.8 Å². The molecule has 0 heterocycles. The van der Waals surface area contributed by atoms with Crippen molar-refractivity contribution in [2.75, 3.05) is 21.3 Å². The molecule has 1 aromatic rings. The zero-order valence-corrected chi connectivity index (χ0v) is 13.2. The average Bonchev–Trinajstić information content (AvgIpc) is 3.30. The molecule has 1 fully saturated rings. The van der Waals surface area contributed by atoms with Crippen molar-refractivity contribution < 1.29 is 14.3 Å². The number of hydrogen-bond donors (Lipinski definition) is 1. The highest BCUT2D eigenvalue weighted by atomic mass is 16.5. The van der Waals surface area contributed by atoms with E-state index in [0.717, 1.165) is 29.9 Å². The lowest BCUT2D eigenvalue weighted by molar-refractivity contribution is -0.125. The SMILES string of the molecule is COc1ccc(CN(C)C(C)C(=O)NC2CC2)c(OC)c1. The number of benzene rings is 1. The Morgan fingerprint density at radius 1 is 1.38 bits per heavy atom. The number of likely N-dealkylation sites (N-methyl/N-ethyl adjacent to an activating group) is 1. The average molecular weight is 292 g/mol. The molecule has 1 unspecified atom stereocenters. The largest absolute Gasteiger partial charge is 0.497 e. The van der Waals surface area contributed by atoms with E-state index in [0.29, 0.717) is 12.6 Å². The monoisotopic (exact) mass is 292 g/mol. The molecule has 0 aliphatic heterocycles. The van der Waals surface area contributed by atoms with Crippen molar-refractivity contribution in [2.45, 2.75) is 38.4 Å². The normalized spacial score (nSPS) is 15.7. The van der Waals surface area contributed by atoms with Crippen molar-refractivity contribution in [1.29, 1.82) is 0 Å². The Labute approximate surface area is 126 Å². The fraction of sp³-hybridized carbons (Fsp3) is 0.562. The first kappa shape index (κ1) is 15.6. The molecule has 0 bridgehead atoms. The summed E-state index contributed by atoms with van der Waals surface area (Å²) in [6.45, 7) is 2.57. The van der Waals surface area contributed by atoms with Crippen molar-refractivity contribution >= 4 is 5.91 Å². The lowest BCUT2D eigenvalue weighted by atomic mass is 10.1. The van der Waals surface area contributed by atoms with Crippen molar-refractivity contribution in [3.63, 3.8) is 0 Å². The standard InChI is InChI=1S/C16H24N2O3/c1-11(16(19)17-13-6-7-13)18(2)10-12-5-8-14(20-3)9-15(12)21-4/h5,8-9,11,13H,6-7,10H2,1-4H3,(H,17,19). The number of carbonyl (C=O) groups excluding carboxylic acids is 1. The molecule has 21 heavy (non-hydrogen) atoms. The van der Waals surface area contributed by atoms with Gasteiger partial charge in [0.1, 0.15) is 11.5 Å². The molecule has 1 N–H and O–H groups in total. The number of carbonyl (C=O) groups is 1. The maximum atomic E-state index is 12.1. The molecule has 1 aliphatic rings. The van der Waals surface area contributed by atoms with Crippen LogP contribution in [0.15, 0.2) is 18.2 Å². The van der Waals surface area contributed by atoms with Crippen LogP contribution in [0.5, 0.6) is 11.5 Å². The fourth-order valence-corrected chi connectivity index (χ4v) is 2.14. The van der Waals surface area contributed by atoms with E-state index in [1.165, 1.54) is 0 Å². The first-order valence-corrected chi connectivity index (χ1v) is 7.26. The van der Waals surface area contributed by atoms with E-state index >= 15 is 0 Å². The van der Waals surface area contributed by atoms with Crippen LogP contribution in [0.25, 0.3) is 0 Å². The molecule has 116 valence electrons. The van der Waals surface area contributed by atoms with E-state index in [9.17, 15) is 4.79 Å². The quantitative estimate of drug-likeness (QED) is 0.832. The lowest BCUT2D eigenvalue weighted by Crippen LogP contribution is -2.43. The summed E-state index contributed by atoms with van der Waals surface area (Å²) in [7, 11) is 5.22. The van der Waals surface area contributed by atoms with Crippen LogP contribution in [-0.2, 0) is 11.3 Å². The molecule has 5 nitrogen and oxygen atoms in total. The van der Waals surface area contributed by atoms with Crippen LogP contribution in [0.4, 0.5) is 0 Å². The molecule has 0 spiro atoms. The summed E-state index contributed by atoms with van der Waals surface area (Å²) >= 11 is 0.